The maximum Gasteiger partial charge on any atom is 0.332 e. The van der Waals surface area contributed by atoms with Crippen molar-refractivity contribution in [3.63, 3.8) is 0 Å². The number of hydrogen-bond donors (Lipinski definition) is 1. The number of benzene rings is 2. The minimum Gasteiger partial charge on any atom is -0.340 e. The second-order valence-corrected chi connectivity index (χ2v) is 9.17. The van der Waals surface area contributed by atoms with E-state index in [4.69, 9.17) is 4.98 Å². The Labute approximate surface area is 185 Å². The number of aromatic amines is 1. The number of H-pyrrole nitrogens is 1. The zero-order chi connectivity index (χ0) is 23.0. The molecule has 4 aromatic rings. The minimum absolute atomic E-state index is 0.141. The first-order chi connectivity index (χ1) is 15.1. The molecule has 4 rings (SSSR count). The van der Waals surface area contributed by atoms with Gasteiger partial charge in [0.2, 0.25) is 0 Å². The number of nitrogens with one attached hydrogen (secondary N) is 1. The van der Waals surface area contributed by atoms with Gasteiger partial charge in [-0.1, -0.05) is 32.0 Å². The van der Waals surface area contributed by atoms with Gasteiger partial charge in [0.15, 0.2) is 0 Å². The molecule has 0 unspecified atom stereocenters. The van der Waals surface area contributed by atoms with Gasteiger partial charge in [-0.05, 0) is 55.0 Å². The molecular formula is C24H21F2N3O2S. The molecule has 164 valence electrons. The molecule has 2 heterocycles. The van der Waals surface area contributed by atoms with E-state index in [-0.39, 0.29) is 11.5 Å². The van der Waals surface area contributed by atoms with Crippen molar-refractivity contribution in [3.05, 3.63) is 78.0 Å². The average Bonchev–Trinajstić information content (AvgIpc) is 3.19. The van der Waals surface area contributed by atoms with E-state index in [2.05, 4.69) is 9.97 Å². The number of halogens is 2. The lowest BCUT2D eigenvalue weighted by Crippen LogP contribution is -1.93. The van der Waals surface area contributed by atoms with Crippen LogP contribution in [0.4, 0.5) is 8.28 Å². The van der Waals surface area contributed by atoms with Crippen molar-refractivity contribution in [2.75, 3.05) is 0 Å². The highest BCUT2D eigenvalue weighted by Gasteiger charge is 2.19. The Morgan fingerprint density at radius 1 is 0.938 bits per heavy atom. The number of imidazole rings is 1. The van der Waals surface area contributed by atoms with Crippen molar-refractivity contribution in [3.8, 4) is 33.8 Å². The Morgan fingerprint density at radius 2 is 1.62 bits per heavy atom. The molecular weight excluding hydrogens is 432 g/mol. The first kappa shape index (κ1) is 21.8. The Hall–Kier alpha value is -3.39. The number of aryl methyl sites for hydroxylation is 1. The average molecular weight is 454 g/mol. The quantitative estimate of drug-likeness (QED) is 0.374. The monoisotopic (exact) mass is 453 g/mol. The van der Waals surface area contributed by atoms with Gasteiger partial charge >= 0.3 is 10.2 Å². The summed E-state index contributed by atoms with van der Waals surface area (Å²) < 4.78 is 50.0. The van der Waals surface area contributed by atoms with Crippen LogP contribution in [0.5, 0.6) is 0 Å². The van der Waals surface area contributed by atoms with E-state index in [1.165, 1.54) is 18.2 Å². The Bertz CT molecular complexity index is 1400. The van der Waals surface area contributed by atoms with Gasteiger partial charge in [-0.25, -0.2) is 9.37 Å². The molecule has 8 heteroatoms. The molecule has 0 radical (unpaired) electrons. The molecule has 5 nitrogen and oxygen atoms in total. The summed E-state index contributed by atoms with van der Waals surface area (Å²) in [5.41, 5.74) is 4.30. The summed E-state index contributed by atoms with van der Waals surface area (Å²) in [6.07, 6.45) is 0. The highest BCUT2D eigenvalue weighted by atomic mass is 32.3. The SMILES string of the molecule is Cc1cccc(-c2[nH]c(C(C)C)nc2-c2ccc(F)c(-c3ccc(S(=O)(=O)F)cc3)c2)n1. The highest BCUT2D eigenvalue weighted by Crippen LogP contribution is 2.34. The van der Waals surface area contributed by atoms with E-state index in [1.807, 2.05) is 39.0 Å². The van der Waals surface area contributed by atoms with Crippen molar-refractivity contribution < 1.29 is 16.7 Å². The number of aromatic nitrogens is 3. The Morgan fingerprint density at radius 3 is 2.25 bits per heavy atom. The molecule has 2 aromatic heterocycles. The van der Waals surface area contributed by atoms with Crippen LogP contribution in [0.15, 0.2) is 65.6 Å². The van der Waals surface area contributed by atoms with E-state index in [9.17, 15) is 16.7 Å². The van der Waals surface area contributed by atoms with Crippen LogP contribution in [0, 0.1) is 12.7 Å². The molecule has 0 fully saturated rings. The highest BCUT2D eigenvalue weighted by molar-refractivity contribution is 7.86. The lowest BCUT2D eigenvalue weighted by atomic mass is 10.00. The van der Waals surface area contributed by atoms with E-state index in [0.717, 1.165) is 35.0 Å². The maximum absolute atomic E-state index is 14.7. The van der Waals surface area contributed by atoms with Crippen molar-refractivity contribution in [2.24, 2.45) is 0 Å². The third-order valence-electron chi connectivity index (χ3n) is 5.10. The Balaban J connectivity index is 1.85. The van der Waals surface area contributed by atoms with Gasteiger partial charge in [-0.15, -0.1) is 3.89 Å². The molecule has 0 saturated heterocycles. The van der Waals surface area contributed by atoms with Gasteiger partial charge in [0.25, 0.3) is 0 Å². The lowest BCUT2D eigenvalue weighted by Gasteiger charge is -2.08. The fraction of sp³-hybridized carbons (Fsp3) is 0.167. The number of hydrogen-bond acceptors (Lipinski definition) is 4. The molecule has 32 heavy (non-hydrogen) atoms. The lowest BCUT2D eigenvalue weighted by molar-refractivity contribution is 0.552. The van der Waals surface area contributed by atoms with E-state index in [0.29, 0.717) is 16.8 Å². The molecule has 2 aromatic carbocycles. The van der Waals surface area contributed by atoms with Crippen molar-refractivity contribution >= 4 is 10.2 Å². The van der Waals surface area contributed by atoms with Crippen molar-refractivity contribution in [1.82, 2.24) is 15.0 Å². The van der Waals surface area contributed by atoms with Crippen LogP contribution in [-0.4, -0.2) is 23.4 Å². The fourth-order valence-corrected chi connectivity index (χ4v) is 3.89. The minimum atomic E-state index is -4.82. The van der Waals surface area contributed by atoms with E-state index >= 15 is 0 Å². The predicted molar refractivity (Wildman–Crippen MR) is 120 cm³/mol. The summed E-state index contributed by atoms with van der Waals surface area (Å²) in [4.78, 5) is 12.2. The maximum atomic E-state index is 14.7. The van der Waals surface area contributed by atoms with Crippen LogP contribution < -0.4 is 0 Å². The first-order valence-corrected chi connectivity index (χ1v) is 11.4. The van der Waals surface area contributed by atoms with Crippen molar-refractivity contribution in [2.45, 2.75) is 31.6 Å². The van der Waals surface area contributed by atoms with Crippen molar-refractivity contribution in [1.29, 1.82) is 0 Å². The topological polar surface area (TPSA) is 75.7 Å². The van der Waals surface area contributed by atoms with Gasteiger partial charge in [0, 0.05) is 22.7 Å². The molecule has 0 aliphatic rings. The fourth-order valence-electron chi connectivity index (χ4n) is 3.43. The zero-order valence-corrected chi connectivity index (χ0v) is 18.5. The van der Waals surface area contributed by atoms with Crippen LogP contribution in [0.1, 0.15) is 31.3 Å². The van der Waals surface area contributed by atoms with Crippen LogP contribution >= 0.6 is 0 Å². The van der Waals surface area contributed by atoms with Gasteiger partial charge in [0.05, 0.1) is 22.0 Å². The largest absolute Gasteiger partial charge is 0.340 e. The molecule has 0 bridgehead atoms. The second kappa shape index (κ2) is 8.27. The standard InChI is InChI=1S/C24H21F2N3O2S/c1-14(2)24-28-22(23(29-24)21-6-4-5-15(3)27-21)17-9-12-20(25)19(13-17)16-7-10-18(11-8-16)32(26,30)31/h4-14H,1-3H3,(H,28,29). The summed E-state index contributed by atoms with van der Waals surface area (Å²) in [5.74, 6) is 0.434. The zero-order valence-electron chi connectivity index (χ0n) is 17.7. The number of pyridine rings is 1. The molecule has 0 spiro atoms. The summed E-state index contributed by atoms with van der Waals surface area (Å²) in [5, 5.41) is 0. The molecule has 0 saturated carbocycles. The molecule has 0 atom stereocenters. The smallest absolute Gasteiger partial charge is 0.332 e. The number of rotatable bonds is 5. The van der Waals surface area contributed by atoms with Crippen LogP contribution in [0.3, 0.4) is 0 Å². The van der Waals surface area contributed by atoms with E-state index in [1.54, 1.807) is 12.1 Å². The summed E-state index contributed by atoms with van der Waals surface area (Å²) >= 11 is 0. The van der Waals surface area contributed by atoms with Crippen LogP contribution in [0.25, 0.3) is 33.8 Å². The predicted octanol–water partition coefficient (Wildman–Crippen LogP) is 6.03. The Kier molecular flexibility index (Phi) is 5.64. The third-order valence-corrected chi connectivity index (χ3v) is 5.94. The molecule has 1 N–H and O–H groups in total. The summed E-state index contributed by atoms with van der Waals surface area (Å²) in [6, 6.07) is 15.3. The molecule has 0 amide bonds. The van der Waals surface area contributed by atoms with Gasteiger partial charge in [-0.3, -0.25) is 4.98 Å². The third kappa shape index (κ3) is 4.31. The van der Waals surface area contributed by atoms with E-state index < -0.39 is 20.9 Å². The number of nitrogens with zero attached hydrogens (tertiary/aromatic N) is 2. The molecule has 0 aliphatic carbocycles. The summed E-state index contributed by atoms with van der Waals surface area (Å²) in [6.45, 7) is 5.94. The second-order valence-electron chi connectivity index (χ2n) is 7.82. The van der Waals surface area contributed by atoms with Gasteiger partial charge in [0.1, 0.15) is 11.6 Å². The first-order valence-electron chi connectivity index (χ1n) is 10.0. The summed E-state index contributed by atoms with van der Waals surface area (Å²) in [7, 11) is -4.82. The van der Waals surface area contributed by atoms with Crippen LogP contribution in [-0.2, 0) is 10.2 Å². The molecule has 0 aliphatic heterocycles. The normalized spacial score (nSPS) is 11.8. The van der Waals surface area contributed by atoms with Gasteiger partial charge < -0.3 is 4.98 Å². The van der Waals surface area contributed by atoms with Gasteiger partial charge in [-0.2, -0.15) is 8.42 Å². The van der Waals surface area contributed by atoms with Crippen LogP contribution in [0.2, 0.25) is 0 Å².